The van der Waals surface area contributed by atoms with E-state index in [-0.39, 0.29) is 11.4 Å². The molecule has 0 atom stereocenters. The lowest BCUT2D eigenvalue weighted by molar-refractivity contribution is -0.385. The van der Waals surface area contributed by atoms with Gasteiger partial charge in [0.1, 0.15) is 12.0 Å². The van der Waals surface area contributed by atoms with Gasteiger partial charge in [-0.25, -0.2) is 0 Å². The van der Waals surface area contributed by atoms with Crippen LogP contribution < -0.4 is 4.74 Å². The number of carbonyl (C=O) groups is 1. The van der Waals surface area contributed by atoms with Gasteiger partial charge < -0.3 is 4.74 Å². The third-order valence-corrected chi connectivity index (χ3v) is 2.56. The van der Waals surface area contributed by atoms with E-state index in [0.29, 0.717) is 11.3 Å². The molecule has 2 aromatic rings. The Hall–Kier alpha value is -2.69. The second-order valence-electron chi connectivity index (χ2n) is 4.02. The molecule has 5 heteroatoms. The maximum absolute atomic E-state index is 10.9. The number of rotatable bonds is 4. The number of carbonyl (C=O) groups excluding carboxylic acids is 1. The highest BCUT2D eigenvalue weighted by Crippen LogP contribution is 2.32. The topological polar surface area (TPSA) is 69.4 Å². The average molecular weight is 257 g/mol. The van der Waals surface area contributed by atoms with Crippen LogP contribution in [0.25, 0.3) is 0 Å². The smallest absolute Gasteiger partial charge is 0.311 e. The summed E-state index contributed by atoms with van der Waals surface area (Å²) in [6.07, 6.45) is 0.721. The van der Waals surface area contributed by atoms with E-state index in [1.54, 1.807) is 36.4 Å². The maximum Gasteiger partial charge on any atom is 0.311 e. The van der Waals surface area contributed by atoms with E-state index in [1.807, 2.05) is 6.92 Å². The van der Waals surface area contributed by atoms with Crippen molar-refractivity contribution in [3.63, 3.8) is 0 Å². The van der Waals surface area contributed by atoms with Crippen molar-refractivity contribution in [2.24, 2.45) is 0 Å². The number of hydrogen-bond donors (Lipinski definition) is 0. The molecule has 0 radical (unpaired) electrons. The fourth-order valence-corrected chi connectivity index (χ4v) is 1.60. The van der Waals surface area contributed by atoms with E-state index in [4.69, 9.17) is 4.74 Å². The summed E-state index contributed by atoms with van der Waals surface area (Å²) in [5.41, 5.74) is 1.29. The molecule has 0 aliphatic carbocycles. The molecule has 0 spiro atoms. The van der Waals surface area contributed by atoms with Crippen LogP contribution in [0, 0.1) is 17.0 Å². The second-order valence-corrected chi connectivity index (χ2v) is 4.02. The Bertz CT molecular complexity index is 620. The minimum Gasteiger partial charge on any atom is -0.450 e. The molecule has 96 valence electrons. The molecule has 0 aliphatic heterocycles. The molecule has 0 fully saturated rings. The standard InChI is InChI=1S/C14H11NO4/c1-10-2-7-13(15(17)18)14(8-10)19-12-5-3-11(9-16)4-6-12/h2-9H,1H3. The van der Waals surface area contributed by atoms with Gasteiger partial charge >= 0.3 is 5.69 Å². The van der Waals surface area contributed by atoms with Gasteiger partial charge in [0.2, 0.25) is 5.75 Å². The van der Waals surface area contributed by atoms with Crippen LogP contribution in [-0.2, 0) is 0 Å². The lowest BCUT2D eigenvalue weighted by Gasteiger charge is -2.07. The van der Waals surface area contributed by atoms with Crippen LogP contribution in [0.3, 0.4) is 0 Å². The van der Waals surface area contributed by atoms with E-state index < -0.39 is 4.92 Å². The van der Waals surface area contributed by atoms with Gasteiger partial charge in [0.15, 0.2) is 0 Å². The van der Waals surface area contributed by atoms with Crippen molar-refractivity contribution in [3.05, 3.63) is 63.7 Å². The zero-order valence-corrected chi connectivity index (χ0v) is 10.2. The number of aryl methyl sites for hydroxylation is 1. The van der Waals surface area contributed by atoms with E-state index in [1.165, 1.54) is 6.07 Å². The zero-order chi connectivity index (χ0) is 13.8. The van der Waals surface area contributed by atoms with Gasteiger partial charge in [-0.15, -0.1) is 0 Å². The number of hydrogen-bond acceptors (Lipinski definition) is 4. The van der Waals surface area contributed by atoms with Crippen LogP contribution in [0.15, 0.2) is 42.5 Å². The first-order valence-corrected chi connectivity index (χ1v) is 5.58. The van der Waals surface area contributed by atoms with Crippen LogP contribution in [0.2, 0.25) is 0 Å². The van der Waals surface area contributed by atoms with Gasteiger partial charge in [-0.1, -0.05) is 6.07 Å². The Labute approximate surface area is 109 Å². The van der Waals surface area contributed by atoms with Gasteiger partial charge in [0, 0.05) is 11.6 Å². The Kier molecular flexibility index (Phi) is 3.56. The first-order valence-electron chi connectivity index (χ1n) is 5.58. The molecule has 0 aliphatic rings. The molecule has 0 saturated heterocycles. The van der Waals surface area contributed by atoms with Crippen molar-refractivity contribution < 1.29 is 14.5 Å². The Morgan fingerprint density at radius 3 is 2.42 bits per heavy atom. The number of ether oxygens (including phenoxy) is 1. The molecular formula is C14H11NO4. The average Bonchev–Trinajstić information content (AvgIpc) is 2.39. The number of nitro groups is 1. The molecule has 2 rings (SSSR count). The van der Waals surface area contributed by atoms with Gasteiger partial charge in [0.25, 0.3) is 0 Å². The molecule has 0 bridgehead atoms. The predicted octanol–water partition coefficient (Wildman–Crippen LogP) is 3.51. The third kappa shape index (κ3) is 2.95. The SMILES string of the molecule is Cc1ccc([N+](=O)[O-])c(Oc2ccc(C=O)cc2)c1. The van der Waals surface area contributed by atoms with Crippen LogP contribution >= 0.6 is 0 Å². The Morgan fingerprint density at radius 1 is 1.16 bits per heavy atom. The molecule has 5 nitrogen and oxygen atoms in total. The van der Waals surface area contributed by atoms with Crippen molar-refractivity contribution >= 4 is 12.0 Å². The summed E-state index contributed by atoms with van der Waals surface area (Å²) in [4.78, 5) is 20.9. The van der Waals surface area contributed by atoms with Crippen molar-refractivity contribution in [3.8, 4) is 11.5 Å². The molecule has 0 unspecified atom stereocenters. The molecule has 0 aromatic heterocycles. The highest BCUT2D eigenvalue weighted by atomic mass is 16.6. The minimum atomic E-state index is -0.492. The molecule has 0 saturated carbocycles. The highest BCUT2D eigenvalue weighted by Gasteiger charge is 2.15. The summed E-state index contributed by atoms with van der Waals surface area (Å²) >= 11 is 0. The van der Waals surface area contributed by atoms with Gasteiger partial charge in [-0.05, 0) is 42.8 Å². The maximum atomic E-state index is 10.9. The molecule has 19 heavy (non-hydrogen) atoms. The summed E-state index contributed by atoms with van der Waals surface area (Å²) in [6, 6.07) is 11.0. The largest absolute Gasteiger partial charge is 0.450 e. The van der Waals surface area contributed by atoms with Gasteiger partial charge in [-0.2, -0.15) is 0 Å². The summed E-state index contributed by atoms with van der Waals surface area (Å²) in [7, 11) is 0. The van der Waals surface area contributed by atoms with Gasteiger partial charge in [0.05, 0.1) is 4.92 Å². The normalized spacial score (nSPS) is 9.95. The summed E-state index contributed by atoms with van der Waals surface area (Å²) in [5, 5.41) is 10.9. The first kappa shape index (κ1) is 12.8. The fraction of sp³-hybridized carbons (Fsp3) is 0.0714. The van der Waals surface area contributed by atoms with Crippen molar-refractivity contribution in [2.45, 2.75) is 6.92 Å². The predicted molar refractivity (Wildman–Crippen MR) is 69.7 cm³/mol. The van der Waals surface area contributed by atoms with Crippen LogP contribution in [0.4, 0.5) is 5.69 Å². The summed E-state index contributed by atoms with van der Waals surface area (Å²) < 4.78 is 5.49. The number of nitro benzene ring substituents is 1. The van der Waals surface area contributed by atoms with Gasteiger partial charge in [-0.3, -0.25) is 14.9 Å². The first-order chi connectivity index (χ1) is 9.10. The number of nitrogens with zero attached hydrogens (tertiary/aromatic N) is 1. The van der Waals surface area contributed by atoms with Crippen molar-refractivity contribution in [1.82, 2.24) is 0 Å². The molecule has 0 heterocycles. The third-order valence-electron chi connectivity index (χ3n) is 2.56. The van der Waals surface area contributed by atoms with E-state index in [0.717, 1.165) is 11.8 Å². The molecular weight excluding hydrogens is 246 g/mol. The lowest BCUT2D eigenvalue weighted by atomic mass is 10.2. The quantitative estimate of drug-likeness (QED) is 0.477. The van der Waals surface area contributed by atoms with Crippen molar-refractivity contribution in [2.75, 3.05) is 0 Å². The minimum absolute atomic E-state index is 0.0925. The van der Waals surface area contributed by atoms with Crippen LogP contribution in [0.5, 0.6) is 11.5 Å². The molecule has 0 amide bonds. The van der Waals surface area contributed by atoms with E-state index >= 15 is 0 Å². The lowest BCUT2D eigenvalue weighted by Crippen LogP contribution is -1.94. The van der Waals surface area contributed by atoms with E-state index in [2.05, 4.69) is 0 Å². The zero-order valence-electron chi connectivity index (χ0n) is 10.2. The highest BCUT2D eigenvalue weighted by molar-refractivity contribution is 5.74. The fourth-order valence-electron chi connectivity index (χ4n) is 1.60. The number of benzene rings is 2. The molecule has 0 N–H and O–H groups in total. The van der Waals surface area contributed by atoms with Crippen molar-refractivity contribution in [1.29, 1.82) is 0 Å². The molecule has 2 aromatic carbocycles. The van der Waals surface area contributed by atoms with E-state index in [9.17, 15) is 14.9 Å². The Balaban J connectivity index is 2.33. The monoisotopic (exact) mass is 257 g/mol. The summed E-state index contributed by atoms with van der Waals surface area (Å²) in [6.45, 7) is 1.83. The second kappa shape index (κ2) is 5.30. The van der Waals surface area contributed by atoms with Crippen LogP contribution in [-0.4, -0.2) is 11.2 Å². The number of aldehydes is 1. The summed E-state index contributed by atoms with van der Waals surface area (Å²) in [5.74, 6) is 0.628. The van der Waals surface area contributed by atoms with Crippen LogP contribution in [0.1, 0.15) is 15.9 Å². The Morgan fingerprint density at radius 2 is 1.84 bits per heavy atom.